The minimum atomic E-state index is -0.186. The molecule has 3 aromatic carbocycles. The number of hydrogen-bond acceptors (Lipinski definition) is 3. The number of hydrogen-bond donors (Lipinski definition) is 0. The fourth-order valence-corrected chi connectivity index (χ4v) is 4.89. The Morgan fingerprint density at radius 3 is 1.92 bits per heavy atom. The summed E-state index contributed by atoms with van der Waals surface area (Å²) in [5.74, 6) is 0.979. The molecule has 3 aromatic rings. The van der Waals surface area contributed by atoms with Gasteiger partial charge in [0, 0.05) is 16.7 Å². The quantitative estimate of drug-likeness (QED) is 0.207. The lowest BCUT2D eigenvalue weighted by Gasteiger charge is -2.35. The Labute approximate surface area is 222 Å². The third-order valence-electron chi connectivity index (χ3n) is 7.41. The van der Waals surface area contributed by atoms with Crippen molar-refractivity contribution < 1.29 is 14.3 Å². The number of allylic oxidation sites excluding steroid dienone is 1. The molecule has 0 unspecified atom stereocenters. The monoisotopic (exact) mass is 496 g/mol. The minimum absolute atomic E-state index is 0.0649. The number of carbonyl (C=O) groups excluding carboxylic acids is 2. The summed E-state index contributed by atoms with van der Waals surface area (Å²) >= 11 is 0. The van der Waals surface area contributed by atoms with Gasteiger partial charge in [0.25, 0.3) is 0 Å². The topological polar surface area (TPSA) is 43.4 Å². The third kappa shape index (κ3) is 6.46. The molecule has 0 radical (unpaired) electrons. The molecular weight excluding hydrogens is 456 g/mol. The van der Waals surface area contributed by atoms with Crippen LogP contribution in [0.5, 0.6) is 5.75 Å². The Bertz CT molecular complexity index is 1370. The van der Waals surface area contributed by atoms with Crippen molar-refractivity contribution in [3.63, 3.8) is 0 Å². The Balaban J connectivity index is 0.000000319. The molecule has 1 heterocycles. The lowest BCUT2D eigenvalue weighted by molar-refractivity contribution is 0.0823. The van der Waals surface area contributed by atoms with E-state index in [9.17, 15) is 9.59 Å². The van der Waals surface area contributed by atoms with Crippen LogP contribution >= 0.6 is 0 Å². The van der Waals surface area contributed by atoms with Gasteiger partial charge >= 0.3 is 0 Å². The number of ketones is 1. The van der Waals surface area contributed by atoms with E-state index >= 15 is 0 Å². The zero-order chi connectivity index (χ0) is 27.5. The van der Waals surface area contributed by atoms with Crippen LogP contribution < -0.4 is 4.74 Å². The molecule has 3 heteroatoms. The zero-order valence-electron chi connectivity index (χ0n) is 23.8. The van der Waals surface area contributed by atoms with Crippen LogP contribution in [0.2, 0.25) is 0 Å². The summed E-state index contributed by atoms with van der Waals surface area (Å²) in [4.78, 5) is 23.5. The Morgan fingerprint density at radius 2 is 1.38 bits per heavy atom. The van der Waals surface area contributed by atoms with Gasteiger partial charge in [-0.15, -0.1) is 0 Å². The predicted molar refractivity (Wildman–Crippen MR) is 154 cm³/mol. The van der Waals surface area contributed by atoms with Crippen molar-refractivity contribution in [2.75, 3.05) is 0 Å². The number of fused-ring (bicyclic) bond motifs is 1. The van der Waals surface area contributed by atoms with Crippen molar-refractivity contribution in [3.05, 3.63) is 104 Å². The first kappa shape index (κ1) is 28.1. The van der Waals surface area contributed by atoms with E-state index in [1.807, 2.05) is 38.1 Å². The number of aryl methyl sites for hydroxylation is 4. The average Bonchev–Trinajstić information content (AvgIpc) is 2.83. The highest BCUT2D eigenvalue weighted by Gasteiger charge is 2.32. The van der Waals surface area contributed by atoms with E-state index in [4.69, 9.17) is 4.74 Å². The molecule has 1 aliphatic rings. The number of carbonyl (C=O) groups is 2. The number of benzene rings is 3. The second-order valence-corrected chi connectivity index (χ2v) is 11.0. The Morgan fingerprint density at radius 1 is 0.811 bits per heavy atom. The first-order valence-corrected chi connectivity index (χ1v) is 13.0. The van der Waals surface area contributed by atoms with Crippen LogP contribution in [0.4, 0.5) is 0 Å². The highest BCUT2D eigenvalue weighted by Crippen LogP contribution is 2.41. The maximum Gasteiger partial charge on any atom is 0.186 e. The normalized spacial score (nSPS) is 13.9. The van der Waals surface area contributed by atoms with Gasteiger partial charge in [0.1, 0.15) is 17.6 Å². The van der Waals surface area contributed by atoms with Crippen LogP contribution in [0.25, 0.3) is 6.08 Å². The van der Waals surface area contributed by atoms with E-state index in [0.29, 0.717) is 0 Å². The van der Waals surface area contributed by atoms with Crippen LogP contribution in [0.15, 0.2) is 42.5 Å². The SMILES string of the molecule is Cc1ccc(/C=C/C(=O)c2c(C)c(C)c(C)c3c2CCC(C)(C)O3)c(C)c1.Cc1ccc(C=O)c(C)c1. The van der Waals surface area contributed by atoms with Crippen LogP contribution in [-0.2, 0) is 6.42 Å². The van der Waals surface area contributed by atoms with Crippen LogP contribution in [0, 0.1) is 48.5 Å². The zero-order valence-corrected chi connectivity index (χ0v) is 23.8. The summed E-state index contributed by atoms with van der Waals surface area (Å²) in [5, 5.41) is 0. The lowest BCUT2D eigenvalue weighted by Crippen LogP contribution is -2.34. The lowest BCUT2D eigenvalue weighted by atomic mass is 9.84. The van der Waals surface area contributed by atoms with Crippen molar-refractivity contribution >= 4 is 18.1 Å². The number of aldehydes is 1. The van der Waals surface area contributed by atoms with E-state index < -0.39 is 0 Å². The summed E-state index contributed by atoms with van der Waals surface area (Å²) in [6.07, 6.45) is 6.33. The first-order chi connectivity index (χ1) is 17.3. The molecule has 0 spiro atoms. The maximum atomic E-state index is 13.2. The molecule has 0 atom stereocenters. The van der Waals surface area contributed by atoms with Gasteiger partial charge in [-0.05, 0) is 115 Å². The number of rotatable bonds is 4. The van der Waals surface area contributed by atoms with Gasteiger partial charge < -0.3 is 4.74 Å². The molecule has 0 aromatic heterocycles. The molecule has 1 aliphatic heterocycles. The predicted octanol–water partition coefficient (Wildman–Crippen LogP) is 8.34. The van der Waals surface area contributed by atoms with Crippen molar-refractivity contribution in [2.45, 2.75) is 80.8 Å². The molecular formula is C34H40O3. The Kier molecular flexibility index (Phi) is 8.58. The highest BCUT2D eigenvalue weighted by atomic mass is 16.5. The van der Waals surface area contributed by atoms with Crippen molar-refractivity contribution in [2.24, 2.45) is 0 Å². The first-order valence-electron chi connectivity index (χ1n) is 13.0. The summed E-state index contributed by atoms with van der Waals surface area (Å²) < 4.78 is 6.30. The minimum Gasteiger partial charge on any atom is -0.487 e. The molecule has 3 nitrogen and oxygen atoms in total. The molecule has 0 saturated carbocycles. The van der Waals surface area contributed by atoms with Gasteiger partial charge in [0.15, 0.2) is 5.78 Å². The van der Waals surface area contributed by atoms with Crippen molar-refractivity contribution in [3.8, 4) is 5.75 Å². The van der Waals surface area contributed by atoms with Crippen LogP contribution in [0.3, 0.4) is 0 Å². The second kappa shape index (κ2) is 11.3. The van der Waals surface area contributed by atoms with Crippen LogP contribution in [-0.4, -0.2) is 17.7 Å². The molecule has 4 rings (SSSR count). The van der Waals surface area contributed by atoms with E-state index in [1.54, 1.807) is 6.08 Å². The van der Waals surface area contributed by atoms with Gasteiger partial charge in [-0.3, -0.25) is 9.59 Å². The fourth-order valence-electron chi connectivity index (χ4n) is 4.89. The average molecular weight is 497 g/mol. The standard InChI is InChI=1S/C25H30O2.C9H10O/c1-15-8-9-20(16(2)14-15)10-11-22(26)23-18(4)17(3)19(5)24-21(23)12-13-25(6,7)27-24;1-7-3-4-9(6-10)8(2)5-7/h8-11,14H,12-13H2,1-7H3;3-6H,1-2H3/b11-10+;. The number of ether oxygens (including phenoxy) is 1. The molecule has 194 valence electrons. The highest BCUT2D eigenvalue weighted by molar-refractivity contribution is 6.09. The van der Waals surface area contributed by atoms with E-state index in [-0.39, 0.29) is 11.4 Å². The third-order valence-corrected chi connectivity index (χ3v) is 7.41. The molecule has 37 heavy (non-hydrogen) atoms. The summed E-state index contributed by atoms with van der Waals surface area (Å²) in [5.41, 5.74) is 11.6. The fraction of sp³-hybridized carbons (Fsp3) is 0.353. The summed E-state index contributed by atoms with van der Waals surface area (Å²) in [6, 6.07) is 12.1. The summed E-state index contributed by atoms with van der Waals surface area (Å²) in [7, 11) is 0. The van der Waals surface area contributed by atoms with Gasteiger partial charge in [0.2, 0.25) is 0 Å². The van der Waals surface area contributed by atoms with Gasteiger partial charge in [-0.25, -0.2) is 0 Å². The second-order valence-electron chi connectivity index (χ2n) is 11.0. The molecule has 0 aliphatic carbocycles. The van der Waals surface area contributed by atoms with Gasteiger partial charge in [-0.1, -0.05) is 53.6 Å². The molecule has 0 amide bonds. The molecule has 0 N–H and O–H groups in total. The van der Waals surface area contributed by atoms with Gasteiger partial charge in [-0.2, -0.15) is 0 Å². The Hall–Kier alpha value is -3.46. The molecule has 0 saturated heterocycles. The van der Waals surface area contributed by atoms with Crippen molar-refractivity contribution in [1.29, 1.82) is 0 Å². The smallest absolute Gasteiger partial charge is 0.186 e. The molecule has 0 fully saturated rings. The van der Waals surface area contributed by atoms with Crippen molar-refractivity contribution in [1.82, 2.24) is 0 Å². The van der Waals surface area contributed by atoms with E-state index in [0.717, 1.165) is 69.4 Å². The van der Waals surface area contributed by atoms with Gasteiger partial charge in [0.05, 0.1) is 0 Å². The van der Waals surface area contributed by atoms with E-state index in [2.05, 4.69) is 66.7 Å². The van der Waals surface area contributed by atoms with E-state index in [1.165, 1.54) is 16.7 Å². The largest absolute Gasteiger partial charge is 0.487 e. The molecule has 0 bridgehead atoms. The maximum absolute atomic E-state index is 13.2. The van der Waals surface area contributed by atoms with Crippen LogP contribution in [0.1, 0.15) is 91.1 Å². The summed E-state index contributed by atoms with van der Waals surface area (Å²) in [6.45, 7) is 18.6.